The lowest BCUT2D eigenvalue weighted by Crippen LogP contribution is -2.11. The van der Waals surface area contributed by atoms with Crippen molar-refractivity contribution in [3.8, 4) is 17.0 Å². The summed E-state index contributed by atoms with van der Waals surface area (Å²) < 4.78 is 5.54. The molecule has 6 nitrogen and oxygen atoms in total. The van der Waals surface area contributed by atoms with Crippen molar-refractivity contribution in [3.05, 3.63) is 65.3 Å². The van der Waals surface area contributed by atoms with Gasteiger partial charge in [0.25, 0.3) is 5.91 Å². The number of benzene rings is 2. The molecule has 7 heteroatoms. The van der Waals surface area contributed by atoms with E-state index in [4.69, 9.17) is 4.74 Å². The molecule has 2 aromatic carbocycles. The van der Waals surface area contributed by atoms with Crippen LogP contribution in [0, 0.1) is 0 Å². The minimum atomic E-state index is -0.217. The molecule has 1 amide bonds. The van der Waals surface area contributed by atoms with E-state index in [1.165, 1.54) is 16.9 Å². The smallest absolute Gasteiger partial charge is 0.257 e. The van der Waals surface area contributed by atoms with E-state index < -0.39 is 0 Å². The summed E-state index contributed by atoms with van der Waals surface area (Å²) in [6.07, 6.45) is 4.16. The maximum Gasteiger partial charge on any atom is 0.257 e. The molecule has 0 spiro atoms. The summed E-state index contributed by atoms with van der Waals surface area (Å²) in [5.74, 6) is 0.729. The van der Waals surface area contributed by atoms with Crippen LogP contribution in [0.5, 0.6) is 5.75 Å². The van der Waals surface area contributed by atoms with Gasteiger partial charge < -0.3 is 4.74 Å². The number of thiazole rings is 1. The standard InChI is InChI=1S/C20H14N4O2S/c25-19(14-1-3-15-16(10-14)22-7-6-21-15)24-20-23-17(11-27-20)12-2-4-18-13(9-12)5-8-26-18/h1-4,6-7,9-11H,5,8H2,(H,23,24,25). The van der Waals surface area contributed by atoms with Crippen molar-refractivity contribution in [1.29, 1.82) is 0 Å². The molecule has 4 aromatic rings. The highest BCUT2D eigenvalue weighted by atomic mass is 32.1. The number of amides is 1. The Balaban J connectivity index is 1.37. The average molecular weight is 374 g/mol. The lowest BCUT2D eigenvalue weighted by atomic mass is 10.1. The van der Waals surface area contributed by atoms with Gasteiger partial charge >= 0.3 is 0 Å². The van der Waals surface area contributed by atoms with Gasteiger partial charge in [0.05, 0.1) is 23.3 Å². The van der Waals surface area contributed by atoms with Crippen LogP contribution in [0.15, 0.2) is 54.2 Å². The molecule has 1 N–H and O–H groups in total. The lowest BCUT2D eigenvalue weighted by Gasteiger charge is -2.03. The van der Waals surface area contributed by atoms with E-state index in [0.717, 1.165) is 35.6 Å². The number of hydrogen-bond donors (Lipinski definition) is 1. The highest BCUT2D eigenvalue weighted by Gasteiger charge is 2.15. The summed E-state index contributed by atoms with van der Waals surface area (Å²) >= 11 is 1.40. The molecular formula is C20H14N4O2S. The Morgan fingerprint density at radius 1 is 1.07 bits per heavy atom. The van der Waals surface area contributed by atoms with Crippen molar-refractivity contribution < 1.29 is 9.53 Å². The quantitative estimate of drug-likeness (QED) is 0.588. The topological polar surface area (TPSA) is 77.0 Å². The van der Waals surface area contributed by atoms with Crippen molar-refractivity contribution in [2.45, 2.75) is 6.42 Å². The minimum Gasteiger partial charge on any atom is -0.493 e. The number of carbonyl (C=O) groups excluding carboxylic acids is 1. The maximum atomic E-state index is 12.5. The van der Waals surface area contributed by atoms with Crippen molar-refractivity contribution in [2.75, 3.05) is 11.9 Å². The Kier molecular flexibility index (Phi) is 3.79. The fourth-order valence-corrected chi connectivity index (χ4v) is 3.80. The molecule has 0 bridgehead atoms. The number of nitrogens with zero attached hydrogens (tertiary/aromatic N) is 3. The first-order chi connectivity index (χ1) is 13.3. The number of nitrogens with one attached hydrogen (secondary N) is 1. The molecule has 132 valence electrons. The minimum absolute atomic E-state index is 0.217. The van der Waals surface area contributed by atoms with Crippen LogP contribution in [0.2, 0.25) is 0 Å². The zero-order chi connectivity index (χ0) is 18.2. The molecule has 0 radical (unpaired) electrons. The third-order valence-electron chi connectivity index (χ3n) is 4.44. The number of hydrogen-bond acceptors (Lipinski definition) is 6. The Bertz CT molecular complexity index is 1170. The average Bonchev–Trinajstić information content (AvgIpc) is 3.36. The largest absolute Gasteiger partial charge is 0.493 e. The van der Waals surface area contributed by atoms with Crippen LogP contribution in [0.4, 0.5) is 5.13 Å². The molecule has 5 rings (SSSR count). The highest BCUT2D eigenvalue weighted by molar-refractivity contribution is 7.14. The second-order valence-corrected chi connectivity index (χ2v) is 7.03. The molecule has 0 unspecified atom stereocenters. The van der Waals surface area contributed by atoms with Gasteiger partial charge in [-0.25, -0.2) is 4.98 Å². The van der Waals surface area contributed by atoms with Crippen LogP contribution in [0.3, 0.4) is 0 Å². The second kappa shape index (κ2) is 6.44. The fraction of sp³-hybridized carbons (Fsp3) is 0.100. The zero-order valence-electron chi connectivity index (χ0n) is 14.2. The van der Waals surface area contributed by atoms with Gasteiger partial charge in [-0.05, 0) is 42.0 Å². The molecule has 27 heavy (non-hydrogen) atoms. The van der Waals surface area contributed by atoms with E-state index in [-0.39, 0.29) is 5.91 Å². The van der Waals surface area contributed by atoms with Crippen LogP contribution in [0.25, 0.3) is 22.3 Å². The van der Waals surface area contributed by atoms with Crippen molar-refractivity contribution in [1.82, 2.24) is 15.0 Å². The summed E-state index contributed by atoms with van der Waals surface area (Å²) in [6, 6.07) is 11.3. The van der Waals surface area contributed by atoms with Crippen molar-refractivity contribution in [2.24, 2.45) is 0 Å². The molecule has 0 fully saturated rings. The molecule has 0 aliphatic carbocycles. The molecule has 0 atom stereocenters. The molecular weight excluding hydrogens is 360 g/mol. The first-order valence-corrected chi connectivity index (χ1v) is 9.38. The van der Waals surface area contributed by atoms with E-state index >= 15 is 0 Å². The summed E-state index contributed by atoms with van der Waals surface area (Å²) in [4.78, 5) is 25.6. The van der Waals surface area contributed by atoms with Gasteiger partial charge in [0.15, 0.2) is 5.13 Å². The second-order valence-electron chi connectivity index (χ2n) is 6.17. The van der Waals surface area contributed by atoms with Gasteiger partial charge in [0.1, 0.15) is 5.75 Å². The van der Waals surface area contributed by atoms with Gasteiger partial charge in [-0.15, -0.1) is 11.3 Å². The van der Waals surface area contributed by atoms with Gasteiger partial charge in [-0.3, -0.25) is 20.1 Å². The number of anilines is 1. The Morgan fingerprint density at radius 3 is 2.89 bits per heavy atom. The monoisotopic (exact) mass is 374 g/mol. The number of carbonyl (C=O) groups is 1. The summed E-state index contributed by atoms with van der Waals surface area (Å²) in [7, 11) is 0. The van der Waals surface area contributed by atoms with Crippen LogP contribution in [-0.2, 0) is 6.42 Å². The molecule has 1 aliphatic heterocycles. The van der Waals surface area contributed by atoms with Crippen LogP contribution < -0.4 is 10.1 Å². The number of ether oxygens (including phenoxy) is 1. The Labute approximate surface area is 158 Å². The maximum absolute atomic E-state index is 12.5. The third-order valence-corrected chi connectivity index (χ3v) is 5.20. The summed E-state index contributed by atoms with van der Waals surface area (Å²) in [6.45, 7) is 0.729. The molecule has 0 saturated carbocycles. The molecule has 3 heterocycles. The Morgan fingerprint density at radius 2 is 1.96 bits per heavy atom. The van der Waals surface area contributed by atoms with Crippen LogP contribution >= 0.6 is 11.3 Å². The first kappa shape index (κ1) is 15.9. The number of rotatable bonds is 3. The predicted octanol–water partition coefficient (Wildman–Crippen LogP) is 3.94. The van der Waals surface area contributed by atoms with Gasteiger partial charge in [0.2, 0.25) is 0 Å². The van der Waals surface area contributed by atoms with E-state index in [9.17, 15) is 4.79 Å². The zero-order valence-corrected chi connectivity index (χ0v) is 15.0. The first-order valence-electron chi connectivity index (χ1n) is 8.50. The van der Waals surface area contributed by atoms with Crippen molar-refractivity contribution >= 4 is 33.4 Å². The Hall–Kier alpha value is -3.32. The van der Waals surface area contributed by atoms with E-state index in [1.54, 1.807) is 30.6 Å². The van der Waals surface area contributed by atoms with Gasteiger partial charge in [-0.1, -0.05) is 0 Å². The fourth-order valence-electron chi connectivity index (χ4n) is 3.08. The van der Waals surface area contributed by atoms with Gasteiger partial charge in [0, 0.05) is 35.3 Å². The van der Waals surface area contributed by atoms with E-state index in [1.807, 2.05) is 17.5 Å². The van der Waals surface area contributed by atoms with Crippen molar-refractivity contribution in [3.63, 3.8) is 0 Å². The summed E-state index contributed by atoms with van der Waals surface area (Å²) in [5.41, 5.74) is 5.03. The molecule has 1 aliphatic rings. The number of fused-ring (bicyclic) bond motifs is 2. The van der Waals surface area contributed by atoms with Crippen LogP contribution in [-0.4, -0.2) is 27.5 Å². The van der Waals surface area contributed by atoms with E-state index in [0.29, 0.717) is 16.2 Å². The third kappa shape index (κ3) is 3.02. The SMILES string of the molecule is O=C(Nc1nc(-c2ccc3c(c2)CCO3)cs1)c1ccc2nccnc2c1. The normalized spacial score (nSPS) is 12.6. The van der Waals surface area contributed by atoms with Gasteiger partial charge in [-0.2, -0.15) is 0 Å². The van der Waals surface area contributed by atoms with E-state index in [2.05, 4.69) is 26.3 Å². The number of aromatic nitrogens is 3. The predicted molar refractivity (Wildman–Crippen MR) is 104 cm³/mol. The lowest BCUT2D eigenvalue weighted by molar-refractivity contribution is 0.102. The summed E-state index contributed by atoms with van der Waals surface area (Å²) in [5, 5.41) is 5.37. The highest BCUT2D eigenvalue weighted by Crippen LogP contribution is 2.32. The molecule has 0 saturated heterocycles. The van der Waals surface area contributed by atoms with Crippen LogP contribution in [0.1, 0.15) is 15.9 Å². The molecule has 2 aromatic heterocycles.